The number of quaternary nitrogens is 1. The van der Waals surface area contributed by atoms with E-state index in [0.717, 1.165) is 94.1 Å². The van der Waals surface area contributed by atoms with Crippen LogP contribution < -0.4 is 10.6 Å². The molecule has 10 rings (SSSR count). The summed E-state index contributed by atoms with van der Waals surface area (Å²) in [6, 6.07) is 7.25. The summed E-state index contributed by atoms with van der Waals surface area (Å²) in [5, 5.41) is 41.0. The maximum atomic E-state index is 13.4. The van der Waals surface area contributed by atoms with Gasteiger partial charge in [-0.3, -0.25) is 9.36 Å². The number of aryl methyl sites for hydroxylation is 4. The van der Waals surface area contributed by atoms with E-state index in [1.165, 1.54) is 64.7 Å². The summed E-state index contributed by atoms with van der Waals surface area (Å²) in [5.41, 5.74) is 14.3. The monoisotopic (exact) mass is 982 g/mol. The first-order chi connectivity index (χ1) is 32.6. The molecule has 370 valence electrons. The van der Waals surface area contributed by atoms with Crippen molar-refractivity contribution in [1.82, 2.24) is 54.8 Å². The second-order valence-corrected chi connectivity index (χ2v) is 23.9. The third-order valence-corrected chi connectivity index (χ3v) is 17.3. The summed E-state index contributed by atoms with van der Waals surface area (Å²) in [6.07, 6.45) is 12.9. The van der Waals surface area contributed by atoms with E-state index in [0.29, 0.717) is 5.69 Å². The number of aromatic nitrogens is 10. The number of nitrogens with one attached hydrogen (secondary N) is 4. The van der Waals surface area contributed by atoms with E-state index >= 15 is 0 Å². The molecule has 21 heteroatoms. The molecule has 0 fully saturated rings. The molecule has 2 aromatic carbocycles. The van der Waals surface area contributed by atoms with Crippen molar-refractivity contribution < 1.29 is 21.5 Å². The van der Waals surface area contributed by atoms with Gasteiger partial charge in [0.05, 0.1) is 25.5 Å². The Balaban J connectivity index is 0.000000172. The lowest BCUT2D eigenvalue weighted by atomic mass is 9.99. The molecule has 0 amide bonds. The largest absolute Gasteiger partial charge is 0.633 e. The van der Waals surface area contributed by atoms with Gasteiger partial charge in [0.2, 0.25) is 11.9 Å². The van der Waals surface area contributed by atoms with Crippen LogP contribution in [0.5, 0.6) is 0 Å². The van der Waals surface area contributed by atoms with E-state index in [4.69, 9.17) is 0 Å². The summed E-state index contributed by atoms with van der Waals surface area (Å²) >= 11 is 0. The first-order valence-electron chi connectivity index (χ1n) is 24.2. The van der Waals surface area contributed by atoms with E-state index in [1.807, 2.05) is 53.6 Å². The number of nitrogens with zero attached hydrogens (tertiary/aromatic N) is 10. The second kappa shape index (κ2) is 18.4. The fourth-order valence-electron chi connectivity index (χ4n) is 10.3. The number of hydrogen-bond acceptors (Lipinski definition) is 14. The maximum absolute atomic E-state index is 13.4. The standard InChI is InChI=1S/C24H33N7O3S.C24H33N7O2S/c1-14(2)30-20(15(3)31(4,5)32)13-21(29-30)35(33,34)24-26-23(27-28-24)25-22-18-10-6-8-16(18)12-17-9-7-11-19(17)22;1-14(2)31-20(15(3)30(4)5)13-21(29-31)34(32,33)24-26-23(27-28-24)25-22-18-10-6-8-16(18)12-17-9-7-11-19(17)22/h12-15H,6-11H2,1-5H3,(H2,25,26,27,28);12-15H,6-11H2,1-5H3,(H2,25,26,27,28). The zero-order valence-electron chi connectivity index (χ0n) is 41.4. The SMILES string of the molecule is CC(C)n1nc(S(=O)(=O)c2nc(Nc3c4c(cc5c3CCC5)CCC4)n[nH]2)cc1C(C)[N+](C)(C)[O-].CC(c1cc(S(=O)(=O)c2nc(Nc3c4c(cc5c3CCC5)CCC4)n[nH]2)nn1C(C)C)N(C)C. The predicted molar refractivity (Wildman–Crippen MR) is 262 cm³/mol. The molecule has 6 aromatic rings. The molecule has 0 saturated carbocycles. The molecule has 2 atom stereocenters. The van der Waals surface area contributed by atoms with Gasteiger partial charge in [-0.05, 0) is 177 Å². The fraction of sp³-hybridized carbons (Fsp3) is 0.542. The molecule has 0 saturated heterocycles. The number of anilines is 4. The molecule has 0 spiro atoms. The number of hydroxylamine groups is 3. The van der Waals surface area contributed by atoms with Crippen LogP contribution in [0.3, 0.4) is 0 Å². The van der Waals surface area contributed by atoms with Crippen LogP contribution in [0.15, 0.2) is 44.6 Å². The Morgan fingerprint density at radius 1 is 0.594 bits per heavy atom. The highest BCUT2D eigenvalue weighted by atomic mass is 32.2. The van der Waals surface area contributed by atoms with Crippen molar-refractivity contribution in [3.05, 3.63) is 85.4 Å². The second-order valence-electron chi connectivity index (χ2n) is 20.3. The Bertz CT molecular complexity index is 3070. The minimum atomic E-state index is -4.06. The van der Waals surface area contributed by atoms with Crippen molar-refractivity contribution in [2.24, 2.45) is 0 Å². The zero-order valence-corrected chi connectivity index (χ0v) is 43.1. The van der Waals surface area contributed by atoms with Gasteiger partial charge < -0.3 is 25.4 Å². The molecule has 0 bridgehead atoms. The predicted octanol–water partition coefficient (Wildman–Crippen LogP) is 7.53. The Kier molecular flexibility index (Phi) is 12.9. The van der Waals surface area contributed by atoms with Crippen LogP contribution in [0.2, 0.25) is 0 Å². The number of hydrogen-bond donors (Lipinski definition) is 4. The van der Waals surface area contributed by atoms with E-state index in [2.05, 4.69) is 63.3 Å². The molecule has 4 heterocycles. The summed E-state index contributed by atoms with van der Waals surface area (Å²) < 4.78 is 56.4. The molecule has 69 heavy (non-hydrogen) atoms. The van der Waals surface area contributed by atoms with Crippen LogP contribution in [0.25, 0.3) is 0 Å². The minimum Gasteiger partial charge on any atom is -0.633 e. The van der Waals surface area contributed by atoms with E-state index in [1.54, 1.807) is 22.4 Å². The Hall–Kier alpha value is -5.48. The van der Waals surface area contributed by atoms with Crippen molar-refractivity contribution in [3.63, 3.8) is 0 Å². The summed E-state index contributed by atoms with van der Waals surface area (Å²) in [4.78, 5) is 10.7. The molecule has 2 unspecified atom stereocenters. The Labute approximate surface area is 404 Å². The molecule has 4 N–H and O–H groups in total. The highest BCUT2D eigenvalue weighted by Crippen LogP contribution is 2.41. The van der Waals surface area contributed by atoms with Gasteiger partial charge in [-0.2, -0.15) is 20.2 Å². The van der Waals surface area contributed by atoms with Gasteiger partial charge in [-0.1, -0.05) is 12.1 Å². The highest BCUT2D eigenvalue weighted by Gasteiger charge is 2.34. The maximum Gasteiger partial charge on any atom is 0.260 e. The van der Waals surface area contributed by atoms with Crippen LogP contribution in [-0.4, -0.2) is 104 Å². The number of rotatable bonds is 14. The molecule has 19 nitrogen and oxygen atoms in total. The van der Waals surface area contributed by atoms with Crippen molar-refractivity contribution in [1.29, 1.82) is 0 Å². The summed E-state index contributed by atoms with van der Waals surface area (Å²) in [5.74, 6) is 0.505. The molecule has 4 aliphatic rings. The normalized spacial score (nSPS) is 16.4. The Morgan fingerprint density at radius 3 is 1.30 bits per heavy atom. The first-order valence-corrected chi connectivity index (χ1v) is 27.2. The quantitative estimate of drug-likeness (QED) is 0.0610. The van der Waals surface area contributed by atoms with Crippen molar-refractivity contribution >= 4 is 42.9 Å². The molecular formula is C48H66N14O5S2. The molecule has 4 aliphatic carbocycles. The lowest BCUT2D eigenvalue weighted by Gasteiger charge is -2.40. The van der Waals surface area contributed by atoms with Crippen LogP contribution in [-0.2, 0) is 71.0 Å². The van der Waals surface area contributed by atoms with Crippen molar-refractivity contribution in [2.75, 3.05) is 38.8 Å². The average Bonchev–Trinajstić information content (AvgIpc) is 4.14. The first kappa shape index (κ1) is 48.5. The van der Waals surface area contributed by atoms with Gasteiger partial charge in [0.25, 0.3) is 30.0 Å². The highest BCUT2D eigenvalue weighted by molar-refractivity contribution is 7.91. The number of sulfone groups is 2. The Morgan fingerprint density at radius 2 is 0.957 bits per heavy atom. The van der Waals surface area contributed by atoms with Crippen molar-refractivity contribution in [2.45, 2.75) is 163 Å². The van der Waals surface area contributed by atoms with Gasteiger partial charge in [0.15, 0.2) is 10.1 Å². The van der Waals surface area contributed by atoms with E-state index in [9.17, 15) is 22.0 Å². The van der Waals surface area contributed by atoms with Gasteiger partial charge >= 0.3 is 0 Å². The van der Waals surface area contributed by atoms with Gasteiger partial charge in [-0.25, -0.2) is 27.0 Å². The average molecular weight is 983 g/mol. The molecule has 4 aromatic heterocycles. The third-order valence-electron chi connectivity index (χ3n) is 14.4. The smallest absolute Gasteiger partial charge is 0.260 e. The summed E-state index contributed by atoms with van der Waals surface area (Å²) in [6.45, 7) is 11.6. The van der Waals surface area contributed by atoms with Crippen LogP contribution >= 0.6 is 0 Å². The van der Waals surface area contributed by atoms with E-state index < -0.39 is 30.4 Å². The van der Waals surface area contributed by atoms with Crippen LogP contribution in [0.1, 0.15) is 147 Å². The number of fused-ring (bicyclic) bond motifs is 4. The van der Waals surface area contributed by atoms with Gasteiger partial charge in [0, 0.05) is 41.6 Å². The van der Waals surface area contributed by atoms with Crippen molar-refractivity contribution in [3.8, 4) is 0 Å². The third kappa shape index (κ3) is 9.11. The number of aromatic amines is 2. The summed E-state index contributed by atoms with van der Waals surface area (Å²) in [7, 11) is -1.03. The lowest BCUT2D eigenvalue weighted by molar-refractivity contribution is -0.871. The molecule has 0 aliphatic heterocycles. The number of H-pyrrole nitrogens is 2. The van der Waals surface area contributed by atoms with Crippen LogP contribution in [0, 0.1) is 5.21 Å². The van der Waals surface area contributed by atoms with Gasteiger partial charge in [0.1, 0.15) is 6.04 Å². The lowest BCUT2D eigenvalue weighted by Crippen LogP contribution is -2.36. The van der Waals surface area contributed by atoms with Gasteiger partial charge in [-0.15, -0.1) is 10.2 Å². The topological polar surface area (TPSA) is 237 Å². The minimum absolute atomic E-state index is 0.00748. The number of benzene rings is 2. The fourth-order valence-corrected chi connectivity index (χ4v) is 12.4. The van der Waals surface area contributed by atoms with E-state index in [-0.39, 0.29) is 50.4 Å². The molecule has 0 radical (unpaired) electrons. The zero-order chi connectivity index (χ0) is 49.3. The molecular weight excluding hydrogens is 917 g/mol. The van der Waals surface area contributed by atoms with Crippen LogP contribution in [0.4, 0.5) is 23.3 Å².